The summed E-state index contributed by atoms with van der Waals surface area (Å²) < 4.78 is 0. The largest absolute Gasteiger partial charge is 0.376 e. The summed E-state index contributed by atoms with van der Waals surface area (Å²) in [7, 11) is 0. The van der Waals surface area contributed by atoms with Gasteiger partial charge in [0, 0.05) is 23.6 Å². The van der Waals surface area contributed by atoms with Crippen LogP contribution in [0.25, 0.3) is 0 Å². The van der Waals surface area contributed by atoms with E-state index in [1.165, 1.54) is 0 Å². The first-order valence-corrected chi connectivity index (χ1v) is 6.27. The molecule has 0 unspecified atom stereocenters. The zero-order valence-corrected chi connectivity index (χ0v) is 11.2. The number of para-hydroxylation sites is 1. The number of aryl methyl sites for hydroxylation is 1. The maximum absolute atomic E-state index is 11.6. The quantitative estimate of drug-likeness (QED) is 0.643. The summed E-state index contributed by atoms with van der Waals surface area (Å²) in [6.45, 7) is 2.16. The molecule has 0 fully saturated rings. The van der Waals surface area contributed by atoms with Gasteiger partial charge in [0.1, 0.15) is 0 Å². The molecule has 1 aromatic carbocycles. The van der Waals surface area contributed by atoms with E-state index in [9.17, 15) is 4.79 Å². The Morgan fingerprint density at radius 3 is 2.90 bits per heavy atom. The van der Waals surface area contributed by atoms with Gasteiger partial charge in [-0.15, -0.1) is 0 Å². The first-order chi connectivity index (χ1) is 9.75. The van der Waals surface area contributed by atoms with Crippen LogP contribution in [0.4, 0.5) is 5.69 Å². The lowest BCUT2D eigenvalue weighted by Gasteiger charge is -2.07. The lowest BCUT2D eigenvalue weighted by atomic mass is 10.2. The summed E-state index contributed by atoms with van der Waals surface area (Å²) >= 11 is 0. The number of hydrogen-bond acceptors (Lipinski definition) is 4. The number of hydrogen-bond donors (Lipinski definition) is 2. The number of pyridine rings is 1. The molecule has 0 spiro atoms. The Hall–Kier alpha value is -2.69. The average molecular weight is 268 g/mol. The van der Waals surface area contributed by atoms with Crippen molar-refractivity contribution in [1.29, 1.82) is 0 Å². The lowest BCUT2D eigenvalue weighted by Crippen LogP contribution is -2.26. The van der Waals surface area contributed by atoms with Crippen LogP contribution >= 0.6 is 0 Å². The van der Waals surface area contributed by atoms with Crippen LogP contribution in [0.15, 0.2) is 53.9 Å². The van der Waals surface area contributed by atoms with Gasteiger partial charge in [0.25, 0.3) is 5.91 Å². The third-order valence-corrected chi connectivity index (χ3v) is 2.67. The molecule has 0 saturated heterocycles. The summed E-state index contributed by atoms with van der Waals surface area (Å²) in [6.07, 6.45) is 4.90. The van der Waals surface area contributed by atoms with Gasteiger partial charge in [0.15, 0.2) is 0 Å². The number of hydrazone groups is 1. The molecule has 2 aromatic rings. The third-order valence-electron chi connectivity index (χ3n) is 2.67. The van der Waals surface area contributed by atoms with Crippen molar-refractivity contribution in [1.82, 2.24) is 10.4 Å². The molecule has 5 heteroatoms. The highest BCUT2D eigenvalue weighted by molar-refractivity contribution is 5.84. The van der Waals surface area contributed by atoms with Gasteiger partial charge in [-0.05, 0) is 24.6 Å². The van der Waals surface area contributed by atoms with E-state index in [2.05, 4.69) is 20.8 Å². The second-order valence-electron chi connectivity index (χ2n) is 4.25. The molecule has 20 heavy (non-hydrogen) atoms. The normalized spacial score (nSPS) is 10.4. The van der Waals surface area contributed by atoms with Crippen molar-refractivity contribution < 1.29 is 4.79 Å². The molecule has 0 radical (unpaired) electrons. The predicted octanol–water partition coefficient (Wildman–Crippen LogP) is 1.95. The van der Waals surface area contributed by atoms with Crippen molar-refractivity contribution in [3.63, 3.8) is 0 Å². The Bertz CT molecular complexity index is 596. The number of benzene rings is 1. The number of carbonyl (C=O) groups is 1. The minimum atomic E-state index is -0.201. The van der Waals surface area contributed by atoms with Gasteiger partial charge in [-0.1, -0.05) is 24.3 Å². The van der Waals surface area contributed by atoms with Gasteiger partial charge >= 0.3 is 0 Å². The maximum atomic E-state index is 11.6. The molecule has 0 aliphatic heterocycles. The monoisotopic (exact) mass is 268 g/mol. The Morgan fingerprint density at radius 1 is 1.30 bits per heavy atom. The highest BCUT2D eigenvalue weighted by Crippen LogP contribution is 2.12. The van der Waals surface area contributed by atoms with Crippen molar-refractivity contribution in [2.75, 3.05) is 11.9 Å². The number of rotatable bonds is 5. The van der Waals surface area contributed by atoms with Crippen LogP contribution in [0.2, 0.25) is 0 Å². The van der Waals surface area contributed by atoms with E-state index < -0.39 is 0 Å². The first-order valence-electron chi connectivity index (χ1n) is 6.27. The molecule has 1 heterocycles. The van der Waals surface area contributed by atoms with E-state index in [-0.39, 0.29) is 12.5 Å². The Balaban J connectivity index is 1.79. The number of carbonyl (C=O) groups excluding carboxylic acids is 1. The zero-order valence-electron chi connectivity index (χ0n) is 11.2. The average Bonchev–Trinajstić information content (AvgIpc) is 2.47. The summed E-state index contributed by atoms with van der Waals surface area (Å²) in [5, 5.41) is 6.93. The molecule has 2 N–H and O–H groups in total. The Labute approximate surface area is 117 Å². The molecule has 2 rings (SSSR count). The molecule has 1 amide bonds. The van der Waals surface area contributed by atoms with Crippen LogP contribution in [0.3, 0.4) is 0 Å². The van der Waals surface area contributed by atoms with Crippen LogP contribution in [-0.4, -0.2) is 23.7 Å². The van der Waals surface area contributed by atoms with Crippen LogP contribution in [0, 0.1) is 6.92 Å². The summed E-state index contributed by atoms with van der Waals surface area (Å²) in [4.78, 5) is 15.6. The third kappa shape index (κ3) is 4.20. The second kappa shape index (κ2) is 7.04. The molecule has 0 bridgehead atoms. The van der Waals surface area contributed by atoms with Crippen LogP contribution in [0.1, 0.15) is 11.1 Å². The summed E-state index contributed by atoms with van der Waals surface area (Å²) in [5.74, 6) is -0.201. The van der Waals surface area contributed by atoms with Gasteiger partial charge in [0.2, 0.25) is 0 Å². The van der Waals surface area contributed by atoms with Crippen LogP contribution < -0.4 is 10.7 Å². The minimum absolute atomic E-state index is 0.176. The van der Waals surface area contributed by atoms with Gasteiger partial charge in [-0.3, -0.25) is 9.78 Å². The topological polar surface area (TPSA) is 66.4 Å². The van der Waals surface area contributed by atoms with E-state index in [0.717, 1.165) is 16.8 Å². The maximum Gasteiger partial charge on any atom is 0.259 e. The number of anilines is 1. The van der Waals surface area contributed by atoms with E-state index in [0.29, 0.717) is 0 Å². The molecule has 0 aliphatic rings. The standard InChI is InChI=1S/C15H16N4O/c1-12-5-2-3-7-14(12)17-11-15(20)19-18-10-13-6-4-8-16-9-13/h2-10,17H,11H2,1H3,(H,19,20)/b18-10-. The minimum Gasteiger partial charge on any atom is -0.376 e. The highest BCUT2D eigenvalue weighted by atomic mass is 16.2. The van der Waals surface area contributed by atoms with Gasteiger partial charge in [0.05, 0.1) is 12.8 Å². The smallest absolute Gasteiger partial charge is 0.259 e. The fourth-order valence-electron chi connectivity index (χ4n) is 1.62. The molecule has 0 atom stereocenters. The van der Waals surface area contributed by atoms with E-state index in [4.69, 9.17) is 0 Å². The summed E-state index contributed by atoms with van der Waals surface area (Å²) in [6, 6.07) is 11.5. The Kier molecular flexibility index (Phi) is 4.83. The molecule has 1 aromatic heterocycles. The van der Waals surface area contributed by atoms with Gasteiger partial charge in [-0.2, -0.15) is 5.10 Å². The number of aromatic nitrogens is 1. The number of nitrogens with one attached hydrogen (secondary N) is 2. The van der Waals surface area contributed by atoms with E-state index in [1.54, 1.807) is 18.6 Å². The summed E-state index contributed by atoms with van der Waals surface area (Å²) in [5.41, 5.74) is 5.33. The first kappa shape index (κ1) is 13.7. The van der Waals surface area contributed by atoms with Crippen molar-refractivity contribution in [2.45, 2.75) is 6.92 Å². The second-order valence-corrected chi connectivity index (χ2v) is 4.25. The number of nitrogens with zero attached hydrogens (tertiary/aromatic N) is 2. The van der Waals surface area contributed by atoms with Crippen molar-refractivity contribution >= 4 is 17.8 Å². The molecule has 0 saturated carbocycles. The van der Waals surface area contributed by atoms with E-state index in [1.807, 2.05) is 43.3 Å². The molecule has 102 valence electrons. The van der Waals surface area contributed by atoms with Crippen molar-refractivity contribution in [3.05, 3.63) is 59.9 Å². The zero-order chi connectivity index (χ0) is 14.2. The fraction of sp³-hybridized carbons (Fsp3) is 0.133. The number of amides is 1. The lowest BCUT2D eigenvalue weighted by molar-refractivity contribution is -0.119. The molecular formula is C15H16N4O. The molecular weight excluding hydrogens is 252 g/mol. The predicted molar refractivity (Wildman–Crippen MR) is 79.6 cm³/mol. The Morgan fingerprint density at radius 2 is 2.15 bits per heavy atom. The van der Waals surface area contributed by atoms with Crippen molar-refractivity contribution in [2.24, 2.45) is 5.10 Å². The van der Waals surface area contributed by atoms with Gasteiger partial charge in [-0.25, -0.2) is 5.43 Å². The SMILES string of the molecule is Cc1ccccc1NCC(=O)N/N=C\c1cccnc1. The molecule has 0 aliphatic carbocycles. The molecule has 5 nitrogen and oxygen atoms in total. The van der Waals surface area contributed by atoms with E-state index >= 15 is 0 Å². The van der Waals surface area contributed by atoms with Crippen molar-refractivity contribution in [3.8, 4) is 0 Å². The van der Waals surface area contributed by atoms with Gasteiger partial charge < -0.3 is 5.32 Å². The van der Waals surface area contributed by atoms with Crippen LogP contribution in [-0.2, 0) is 4.79 Å². The highest BCUT2D eigenvalue weighted by Gasteiger charge is 2.00. The van der Waals surface area contributed by atoms with Crippen LogP contribution in [0.5, 0.6) is 0 Å². The fourth-order valence-corrected chi connectivity index (χ4v) is 1.62.